The number of hydrogen-bond acceptors (Lipinski definition) is 5. The summed E-state index contributed by atoms with van der Waals surface area (Å²) in [6.07, 6.45) is 1.28. The first-order chi connectivity index (χ1) is 10.1. The molecule has 0 radical (unpaired) electrons. The van der Waals surface area contributed by atoms with Gasteiger partial charge in [0.15, 0.2) is 5.82 Å². The van der Waals surface area contributed by atoms with Gasteiger partial charge in [0.1, 0.15) is 17.7 Å². The summed E-state index contributed by atoms with van der Waals surface area (Å²) in [6, 6.07) is 9.86. The predicted octanol–water partition coefficient (Wildman–Crippen LogP) is 3.27. The lowest BCUT2D eigenvalue weighted by Crippen LogP contribution is -2.06. The van der Waals surface area contributed by atoms with Crippen molar-refractivity contribution in [3.05, 3.63) is 63.5 Å². The van der Waals surface area contributed by atoms with E-state index in [4.69, 9.17) is 0 Å². The zero-order chi connectivity index (χ0) is 14.8. The number of aryl methyl sites for hydroxylation is 1. The zero-order valence-electron chi connectivity index (χ0n) is 11.3. The van der Waals surface area contributed by atoms with Crippen molar-refractivity contribution in [2.45, 2.75) is 13.5 Å². The highest BCUT2D eigenvalue weighted by molar-refractivity contribution is 7.13. The molecule has 2 heterocycles. The summed E-state index contributed by atoms with van der Waals surface area (Å²) in [5, 5.41) is 13.8. The molecule has 0 saturated carbocycles. The summed E-state index contributed by atoms with van der Waals surface area (Å²) in [7, 11) is 0. The molecule has 7 heteroatoms. The van der Waals surface area contributed by atoms with Crippen LogP contribution in [0.4, 0.5) is 5.82 Å². The summed E-state index contributed by atoms with van der Waals surface area (Å²) in [4.78, 5) is 19.1. The lowest BCUT2D eigenvalue weighted by atomic mass is 10.2. The van der Waals surface area contributed by atoms with Crippen molar-refractivity contribution in [2.24, 2.45) is 0 Å². The fourth-order valence-corrected chi connectivity index (χ4v) is 2.87. The summed E-state index contributed by atoms with van der Waals surface area (Å²) in [6.45, 7) is 2.10. The first kappa shape index (κ1) is 13.4. The van der Waals surface area contributed by atoms with Crippen molar-refractivity contribution >= 4 is 17.2 Å². The van der Waals surface area contributed by atoms with E-state index in [0.717, 1.165) is 16.3 Å². The Morgan fingerprint density at radius 2 is 2.10 bits per heavy atom. The molecule has 3 rings (SSSR count). The van der Waals surface area contributed by atoms with Crippen LogP contribution < -0.4 is 0 Å². The lowest BCUT2D eigenvalue weighted by molar-refractivity contribution is -0.392. The van der Waals surface area contributed by atoms with E-state index in [1.807, 2.05) is 35.7 Å². The molecule has 0 spiro atoms. The molecule has 3 aromatic rings. The van der Waals surface area contributed by atoms with Gasteiger partial charge in [-0.3, -0.25) is 0 Å². The van der Waals surface area contributed by atoms with Gasteiger partial charge < -0.3 is 10.1 Å². The number of benzene rings is 1. The number of nitrogens with zero attached hydrogens (tertiary/aromatic N) is 4. The van der Waals surface area contributed by atoms with Crippen LogP contribution in [0.25, 0.3) is 10.6 Å². The topological polar surface area (TPSA) is 73.8 Å². The number of nitro groups is 1. The molecule has 21 heavy (non-hydrogen) atoms. The van der Waals surface area contributed by atoms with E-state index in [-0.39, 0.29) is 5.82 Å². The third kappa shape index (κ3) is 2.68. The van der Waals surface area contributed by atoms with Gasteiger partial charge in [-0.15, -0.1) is 11.3 Å². The van der Waals surface area contributed by atoms with Gasteiger partial charge in [0.25, 0.3) is 0 Å². The highest BCUT2D eigenvalue weighted by Crippen LogP contribution is 2.24. The second-order valence-corrected chi connectivity index (χ2v) is 5.37. The fourth-order valence-electron chi connectivity index (χ4n) is 2.05. The standard InChI is InChI=1S/C14H12N4O2S/c1-10-15-7-13(18(19)20)17(10)8-12-9-21-14(16-12)11-5-3-2-4-6-11/h2-7,9H,8H2,1H3. The molecule has 1 aromatic carbocycles. The first-order valence-corrected chi connectivity index (χ1v) is 7.19. The first-order valence-electron chi connectivity index (χ1n) is 6.31. The predicted molar refractivity (Wildman–Crippen MR) is 80.3 cm³/mol. The minimum Gasteiger partial charge on any atom is -0.358 e. The maximum Gasteiger partial charge on any atom is 0.343 e. The molecule has 0 aliphatic heterocycles. The third-order valence-electron chi connectivity index (χ3n) is 3.11. The van der Waals surface area contributed by atoms with E-state index in [9.17, 15) is 10.1 Å². The normalized spacial score (nSPS) is 10.7. The summed E-state index contributed by atoms with van der Waals surface area (Å²) in [5.41, 5.74) is 1.84. The van der Waals surface area contributed by atoms with Crippen LogP contribution in [0.5, 0.6) is 0 Å². The Balaban J connectivity index is 1.89. The Morgan fingerprint density at radius 3 is 2.81 bits per heavy atom. The van der Waals surface area contributed by atoms with E-state index in [1.54, 1.807) is 11.5 Å². The molecule has 2 aromatic heterocycles. The molecular weight excluding hydrogens is 288 g/mol. The van der Waals surface area contributed by atoms with Crippen LogP contribution in [-0.4, -0.2) is 19.5 Å². The molecule has 0 saturated heterocycles. The van der Waals surface area contributed by atoms with Crippen molar-refractivity contribution in [1.82, 2.24) is 14.5 Å². The fraction of sp³-hybridized carbons (Fsp3) is 0.143. The number of rotatable bonds is 4. The Bertz CT molecular complexity index is 779. The summed E-state index contributed by atoms with van der Waals surface area (Å²) in [5.74, 6) is 0.595. The van der Waals surface area contributed by atoms with E-state index < -0.39 is 4.92 Å². The van der Waals surface area contributed by atoms with E-state index >= 15 is 0 Å². The van der Waals surface area contributed by atoms with E-state index in [0.29, 0.717) is 12.4 Å². The number of aromatic nitrogens is 3. The largest absolute Gasteiger partial charge is 0.358 e. The average Bonchev–Trinajstić information content (AvgIpc) is 3.08. The molecule has 0 bridgehead atoms. The van der Waals surface area contributed by atoms with Gasteiger partial charge in [0.05, 0.1) is 5.69 Å². The smallest absolute Gasteiger partial charge is 0.343 e. The maximum absolute atomic E-state index is 11.0. The van der Waals surface area contributed by atoms with Gasteiger partial charge in [-0.25, -0.2) is 14.5 Å². The van der Waals surface area contributed by atoms with Crippen molar-refractivity contribution < 1.29 is 4.92 Å². The van der Waals surface area contributed by atoms with Gasteiger partial charge >= 0.3 is 5.82 Å². The van der Waals surface area contributed by atoms with Crippen LogP contribution in [0.3, 0.4) is 0 Å². The lowest BCUT2D eigenvalue weighted by Gasteiger charge is -2.00. The van der Waals surface area contributed by atoms with Crippen LogP contribution in [0.2, 0.25) is 0 Å². The maximum atomic E-state index is 11.0. The second kappa shape index (κ2) is 5.45. The molecule has 0 amide bonds. The molecule has 0 aliphatic carbocycles. The Morgan fingerprint density at radius 1 is 1.33 bits per heavy atom. The number of imidazole rings is 1. The van der Waals surface area contributed by atoms with Gasteiger partial charge in [0.2, 0.25) is 0 Å². The quantitative estimate of drug-likeness (QED) is 0.547. The van der Waals surface area contributed by atoms with E-state index in [1.165, 1.54) is 17.5 Å². The highest BCUT2D eigenvalue weighted by Gasteiger charge is 2.18. The van der Waals surface area contributed by atoms with Crippen LogP contribution >= 0.6 is 11.3 Å². The Hall–Kier alpha value is -2.54. The van der Waals surface area contributed by atoms with Crippen LogP contribution in [-0.2, 0) is 6.54 Å². The Kier molecular flexibility index (Phi) is 3.49. The van der Waals surface area contributed by atoms with Crippen molar-refractivity contribution in [2.75, 3.05) is 0 Å². The SMILES string of the molecule is Cc1ncc([N+](=O)[O-])n1Cc1csc(-c2ccccc2)n1. The minimum atomic E-state index is -0.426. The molecule has 0 unspecified atom stereocenters. The van der Waals surface area contributed by atoms with Gasteiger partial charge in [-0.1, -0.05) is 30.3 Å². The van der Waals surface area contributed by atoms with Crippen LogP contribution in [0.1, 0.15) is 11.5 Å². The van der Waals surface area contributed by atoms with Gasteiger partial charge in [0, 0.05) is 17.9 Å². The van der Waals surface area contributed by atoms with E-state index in [2.05, 4.69) is 9.97 Å². The number of thiazole rings is 1. The molecule has 0 fully saturated rings. The third-order valence-corrected chi connectivity index (χ3v) is 4.05. The van der Waals surface area contributed by atoms with Gasteiger partial charge in [-0.05, 0) is 4.92 Å². The molecular formula is C14H12N4O2S. The molecule has 0 atom stereocenters. The molecule has 106 valence electrons. The molecule has 0 aliphatic rings. The Labute approximate surface area is 124 Å². The van der Waals surface area contributed by atoms with Crippen molar-refractivity contribution in [3.8, 4) is 10.6 Å². The van der Waals surface area contributed by atoms with Crippen LogP contribution in [0, 0.1) is 17.0 Å². The minimum absolute atomic E-state index is 0.0123. The average molecular weight is 300 g/mol. The monoisotopic (exact) mass is 300 g/mol. The zero-order valence-corrected chi connectivity index (χ0v) is 12.1. The highest BCUT2D eigenvalue weighted by atomic mass is 32.1. The van der Waals surface area contributed by atoms with Crippen molar-refractivity contribution in [1.29, 1.82) is 0 Å². The number of hydrogen-bond donors (Lipinski definition) is 0. The van der Waals surface area contributed by atoms with Crippen LogP contribution in [0.15, 0.2) is 41.9 Å². The van der Waals surface area contributed by atoms with Crippen molar-refractivity contribution in [3.63, 3.8) is 0 Å². The summed E-state index contributed by atoms with van der Waals surface area (Å²) < 4.78 is 1.56. The molecule has 0 N–H and O–H groups in total. The summed E-state index contributed by atoms with van der Waals surface area (Å²) >= 11 is 1.53. The van der Waals surface area contributed by atoms with Gasteiger partial charge in [-0.2, -0.15) is 0 Å². The second-order valence-electron chi connectivity index (χ2n) is 4.52. The molecule has 6 nitrogen and oxygen atoms in total.